The number of fused-ring (bicyclic) bond motifs is 1. The minimum atomic E-state index is -0.627. The quantitative estimate of drug-likeness (QED) is 0.330. The molecule has 2 fully saturated rings. The fourth-order valence-electron chi connectivity index (χ4n) is 6.51. The van der Waals surface area contributed by atoms with Crippen molar-refractivity contribution >= 4 is 0 Å². The largest absolute Gasteiger partial charge is 0.494 e. The van der Waals surface area contributed by atoms with Crippen LogP contribution in [0.3, 0.4) is 0 Å². The Bertz CT molecular complexity index is 933. The molecule has 0 aromatic heterocycles. The van der Waals surface area contributed by atoms with E-state index < -0.39 is 17.5 Å². The summed E-state index contributed by atoms with van der Waals surface area (Å²) in [5, 5.41) is 0. The van der Waals surface area contributed by atoms with Gasteiger partial charge in [0.1, 0.15) is 11.6 Å². The van der Waals surface area contributed by atoms with Crippen LogP contribution in [-0.2, 0) is 0 Å². The van der Waals surface area contributed by atoms with Crippen LogP contribution in [0.2, 0.25) is 0 Å². The number of hydrogen-bond donors (Lipinski definition) is 0. The van der Waals surface area contributed by atoms with E-state index in [-0.39, 0.29) is 22.8 Å². The van der Waals surface area contributed by atoms with E-state index in [1.54, 1.807) is 0 Å². The minimum Gasteiger partial charge on any atom is -0.494 e. The summed E-state index contributed by atoms with van der Waals surface area (Å²) in [6.45, 7) is 2.26. The monoisotopic (exact) mass is 472 g/mol. The predicted octanol–water partition coefficient (Wildman–Crippen LogP) is 9.44. The van der Waals surface area contributed by atoms with Crippen molar-refractivity contribution in [1.29, 1.82) is 0 Å². The average Bonchev–Trinajstić information content (AvgIpc) is 2.83. The fourth-order valence-corrected chi connectivity index (χ4v) is 6.51. The average molecular weight is 473 g/mol. The normalized spacial score (nSPS) is 24.6. The maximum atomic E-state index is 15.1. The highest BCUT2D eigenvalue weighted by Gasteiger charge is 2.36. The Balaban J connectivity index is 1.38. The Morgan fingerprint density at radius 1 is 0.794 bits per heavy atom. The molecule has 2 aromatic carbocycles. The van der Waals surface area contributed by atoms with Crippen LogP contribution >= 0.6 is 0 Å². The smallest absolute Gasteiger partial charge is 0.165 e. The van der Waals surface area contributed by atoms with Crippen LogP contribution in [0.4, 0.5) is 13.2 Å². The number of methoxy groups -OCH3 is 1. The van der Waals surface area contributed by atoms with Crippen molar-refractivity contribution < 1.29 is 17.9 Å². The van der Waals surface area contributed by atoms with E-state index in [1.807, 2.05) is 0 Å². The highest BCUT2D eigenvalue weighted by molar-refractivity contribution is 5.66. The van der Waals surface area contributed by atoms with E-state index in [9.17, 15) is 4.39 Å². The molecule has 0 spiro atoms. The summed E-state index contributed by atoms with van der Waals surface area (Å²) in [7, 11) is 1.36. The van der Waals surface area contributed by atoms with Gasteiger partial charge in [-0.3, -0.25) is 0 Å². The van der Waals surface area contributed by atoms with Gasteiger partial charge >= 0.3 is 0 Å². The molecule has 0 bridgehead atoms. The molecule has 2 aliphatic rings. The standard InChI is InChI=1S/C30H39F3O/c1-3-4-5-6-7-8-20-9-10-22-16-23(12-11-21(22)15-20)25-18-27(32)30(28(33)19-25)24-13-14-29(34-2)26(31)17-24/h13-14,17-23H,3-12,15-16H2,1-2H3. The number of rotatable bonds is 9. The van der Waals surface area contributed by atoms with E-state index in [0.29, 0.717) is 5.92 Å². The van der Waals surface area contributed by atoms with Gasteiger partial charge in [-0.25, -0.2) is 13.2 Å². The molecule has 0 aliphatic heterocycles. The summed E-state index contributed by atoms with van der Waals surface area (Å²) in [5.41, 5.74) is 0.777. The molecule has 4 rings (SSSR count). The Kier molecular flexibility index (Phi) is 8.60. The SMILES string of the molecule is CCCCCCCC1CCC2CC(c3cc(F)c(-c4ccc(OC)c(F)c4)c(F)c3)CCC2C1. The molecule has 34 heavy (non-hydrogen) atoms. The van der Waals surface area contributed by atoms with Gasteiger partial charge in [0.05, 0.1) is 12.7 Å². The van der Waals surface area contributed by atoms with Crippen LogP contribution in [0.15, 0.2) is 30.3 Å². The third kappa shape index (κ3) is 5.80. The van der Waals surface area contributed by atoms with Crippen molar-refractivity contribution in [1.82, 2.24) is 0 Å². The molecule has 0 N–H and O–H groups in total. The van der Waals surface area contributed by atoms with Crippen molar-refractivity contribution in [3.05, 3.63) is 53.3 Å². The lowest BCUT2D eigenvalue weighted by atomic mass is 9.63. The zero-order valence-electron chi connectivity index (χ0n) is 20.7. The fraction of sp³-hybridized carbons (Fsp3) is 0.600. The van der Waals surface area contributed by atoms with Crippen LogP contribution in [0, 0.1) is 35.2 Å². The molecule has 4 heteroatoms. The van der Waals surface area contributed by atoms with E-state index in [0.717, 1.165) is 42.7 Å². The zero-order valence-corrected chi connectivity index (χ0v) is 20.7. The lowest BCUT2D eigenvalue weighted by Crippen LogP contribution is -2.30. The van der Waals surface area contributed by atoms with Crippen molar-refractivity contribution in [2.75, 3.05) is 7.11 Å². The Labute approximate surface area is 203 Å². The summed E-state index contributed by atoms with van der Waals surface area (Å²) >= 11 is 0. The second-order valence-corrected chi connectivity index (χ2v) is 10.6. The number of ether oxygens (including phenoxy) is 1. The number of unbranched alkanes of at least 4 members (excludes halogenated alkanes) is 4. The molecule has 2 aliphatic carbocycles. The van der Waals surface area contributed by atoms with Gasteiger partial charge in [-0.05, 0) is 91.2 Å². The molecule has 4 unspecified atom stereocenters. The molecular formula is C30H39F3O. The van der Waals surface area contributed by atoms with Crippen LogP contribution in [0.25, 0.3) is 11.1 Å². The highest BCUT2D eigenvalue weighted by Crippen LogP contribution is 2.49. The van der Waals surface area contributed by atoms with E-state index in [2.05, 4.69) is 6.92 Å². The van der Waals surface area contributed by atoms with E-state index in [4.69, 9.17) is 4.74 Å². The topological polar surface area (TPSA) is 9.23 Å². The molecule has 0 heterocycles. The van der Waals surface area contributed by atoms with Gasteiger partial charge < -0.3 is 4.74 Å². The van der Waals surface area contributed by atoms with Gasteiger partial charge in [-0.15, -0.1) is 0 Å². The van der Waals surface area contributed by atoms with Gasteiger partial charge in [0.2, 0.25) is 0 Å². The molecule has 186 valence electrons. The van der Waals surface area contributed by atoms with Crippen molar-refractivity contribution in [2.45, 2.75) is 89.9 Å². The van der Waals surface area contributed by atoms with Crippen LogP contribution in [0.1, 0.15) is 95.5 Å². The number of benzene rings is 2. The second kappa shape index (κ2) is 11.6. The Morgan fingerprint density at radius 2 is 1.50 bits per heavy atom. The lowest BCUT2D eigenvalue weighted by molar-refractivity contribution is 0.113. The molecule has 1 nitrogen and oxygen atoms in total. The summed E-state index contributed by atoms with van der Waals surface area (Å²) in [5.74, 6) is 0.735. The summed E-state index contributed by atoms with van der Waals surface area (Å²) in [6.07, 6.45) is 15.2. The third-order valence-electron chi connectivity index (χ3n) is 8.41. The van der Waals surface area contributed by atoms with E-state index in [1.165, 1.54) is 89.2 Å². The van der Waals surface area contributed by atoms with Crippen molar-refractivity contribution in [3.8, 4) is 16.9 Å². The van der Waals surface area contributed by atoms with Gasteiger partial charge in [-0.1, -0.05) is 57.9 Å². The van der Waals surface area contributed by atoms with Crippen molar-refractivity contribution in [2.24, 2.45) is 17.8 Å². The molecule has 0 radical (unpaired) electrons. The van der Waals surface area contributed by atoms with Crippen LogP contribution in [0.5, 0.6) is 5.75 Å². The van der Waals surface area contributed by atoms with Crippen molar-refractivity contribution in [3.63, 3.8) is 0 Å². The lowest BCUT2D eigenvalue weighted by Gasteiger charge is -2.42. The molecule has 4 atom stereocenters. The molecule has 2 saturated carbocycles. The zero-order chi connectivity index (χ0) is 24.1. The minimum absolute atomic E-state index is 0.0594. The maximum absolute atomic E-state index is 15.1. The first-order chi connectivity index (χ1) is 16.5. The second-order valence-electron chi connectivity index (χ2n) is 10.6. The van der Waals surface area contributed by atoms with E-state index >= 15 is 8.78 Å². The number of halogens is 3. The molecular weight excluding hydrogens is 433 g/mol. The summed E-state index contributed by atoms with van der Waals surface area (Å²) in [6, 6.07) is 6.99. The number of hydrogen-bond acceptors (Lipinski definition) is 1. The summed E-state index contributed by atoms with van der Waals surface area (Å²) < 4.78 is 49.1. The first-order valence-electron chi connectivity index (χ1n) is 13.3. The Morgan fingerprint density at radius 3 is 2.21 bits per heavy atom. The van der Waals surface area contributed by atoms with Gasteiger partial charge in [0, 0.05) is 0 Å². The van der Waals surface area contributed by atoms with Gasteiger partial charge in [0.25, 0.3) is 0 Å². The first-order valence-corrected chi connectivity index (χ1v) is 13.3. The molecule has 2 aromatic rings. The third-order valence-corrected chi connectivity index (χ3v) is 8.41. The van der Waals surface area contributed by atoms with Gasteiger partial charge in [-0.2, -0.15) is 0 Å². The summed E-state index contributed by atoms with van der Waals surface area (Å²) in [4.78, 5) is 0. The predicted molar refractivity (Wildman–Crippen MR) is 133 cm³/mol. The highest BCUT2D eigenvalue weighted by atomic mass is 19.1. The van der Waals surface area contributed by atoms with Gasteiger partial charge in [0.15, 0.2) is 11.6 Å². The maximum Gasteiger partial charge on any atom is 0.165 e. The van der Waals surface area contributed by atoms with Crippen LogP contribution in [-0.4, -0.2) is 7.11 Å². The molecule has 0 saturated heterocycles. The first kappa shape index (κ1) is 25.1. The van der Waals surface area contributed by atoms with Crippen LogP contribution < -0.4 is 4.74 Å². The Hall–Kier alpha value is -1.97. The molecule has 0 amide bonds.